The number of nitrogens with zero attached hydrogens (tertiary/aromatic N) is 1. The van der Waals surface area contributed by atoms with Crippen molar-refractivity contribution < 1.29 is 24.2 Å². The van der Waals surface area contributed by atoms with E-state index in [-0.39, 0.29) is 18.4 Å². The lowest BCUT2D eigenvalue weighted by Crippen LogP contribution is -2.47. The van der Waals surface area contributed by atoms with Crippen LogP contribution in [0.3, 0.4) is 0 Å². The van der Waals surface area contributed by atoms with Crippen molar-refractivity contribution in [1.82, 2.24) is 10.2 Å². The summed E-state index contributed by atoms with van der Waals surface area (Å²) in [6.07, 6.45) is 2.79. The third-order valence-electron chi connectivity index (χ3n) is 3.22. The number of nitrogens with one attached hydrogen (secondary N) is 1. The van der Waals surface area contributed by atoms with Crippen LogP contribution in [0.15, 0.2) is 0 Å². The SMILES string of the molecule is COC(=O)C1CCN(C(=O)N[C@H](CCSC)C(=O)O)C1. The largest absolute Gasteiger partial charge is 0.480 e. The average Bonchev–Trinajstić information content (AvgIpc) is 2.91. The summed E-state index contributed by atoms with van der Waals surface area (Å²) in [5.41, 5.74) is 0. The van der Waals surface area contributed by atoms with Gasteiger partial charge in [0.2, 0.25) is 0 Å². The first-order chi connectivity index (χ1) is 9.49. The van der Waals surface area contributed by atoms with Gasteiger partial charge in [0.25, 0.3) is 0 Å². The number of rotatable bonds is 6. The van der Waals surface area contributed by atoms with Crippen molar-refractivity contribution in [1.29, 1.82) is 0 Å². The number of ether oxygens (including phenoxy) is 1. The Bertz CT molecular complexity index is 377. The van der Waals surface area contributed by atoms with E-state index < -0.39 is 18.0 Å². The molecule has 0 aromatic heterocycles. The molecule has 1 aliphatic rings. The zero-order valence-electron chi connectivity index (χ0n) is 11.6. The van der Waals surface area contributed by atoms with E-state index in [9.17, 15) is 14.4 Å². The normalized spacial score (nSPS) is 19.5. The first-order valence-electron chi connectivity index (χ1n) is 6.34. The molecule has 2 N–H and O–H groups in total. The van der Waals surface area contributed by atoms with Gasteiger partial charge < -0.3 is 20.1 Å². The molecular formula is C12H20N2O5S. The third-order valence-corrected chi connectivity index (χ3v) is 3.86. The lowest BCUT2D eigenvalue weighted by atomic mass is 10.1. The number of urea groups is 1. The Balaban J connectivity index is 2.49. The first-order valence-corrected chi connectivity index (χ1v) is 7.74. The van der Waals surface area contributed by atoms with Gasteiger partial charge in [0, 0.05) is 13.1 Å². The van der Waals surface area contributed by atoms with Crippen LogP contribution < -0.4 is 5.32 Å². The quantitative estimate of drug-likeness (QED) is 0.690. The number of likely N-dealkylation sites (tertiary alicyclic amines) is 1. The molecule has 114 valence electrons. The van der Waals surface area contributed by atoms with Crippen LogP contribution in [0.1, 0.15) is 12.8 Å². The molecule has 8 heteroatoms. The highest BCUT2D eigenvalue weighted by atomic mass is 32.2. The van der Waals surface area contributed by atoms with E-state index in [1.54, 1.807) is 0 Å². The highest BCUT2D eigenvalue weighted by Gasteiger charge is 2.33. The maximum Gasteiger partial charge on any atom is 0.326 e. The van der Waals surface area contributed by atoms with Crippen molar-refractivity contribution >= 4 is 29.7 Å². The summed E-state index contributed by atoms with van der Waals surface area (Å²) < 4.78 is 4.64. The molecule has 0 aromatic carbocycles. The molecule has 2 amide bonds. The molecule has 1 fully saturated rings. The highest BCUT2D eigenvalue weighted by Crippen LogP contribution is 2.17. The Kier molecular flexibility index (Phi) is 6.63. The van der Waals surface area contributed by atoms with E-state index in [4.69, 9.17) is 5.11 Å². The number of hydrogen-bond donors (Lipinski definition) is 2. The van der Waals surface area contributed by atoms with Crippen molar-refractivity contribution in [3.8, 4) is 0 Å². The molecular weight excluding hydrogens is 284 g/mol. The Hall–Kier alpha value is -1.44. The predicted molar refractivity (Wildman–Crippen MR) is 74.7 cm³/mol. The van der Waals surface area contributed by atoms with Crippen LogP contribution in [0.5, 0.6) is 0 Å². The minimum absolute atomic E-state index is 0.271. The molecule has 0 saturated carbocycles. The minimum atomic E-state index is -1.05. The van der Waals surface area contributed by atoms with Gasteiger partial charge in [-0.05, 0) is 24.9 Å². The van der Waals surface area contributed by atoms with E-state index in [1.165, 1.54) is 23.8 Å². The van der Waals surface area contributed by atoms with Crippen LogP contribution in [-0.4, -0.2) is 66.2 Å². The van der Waals surface area contributed by atoms with Crippen LogP contribution in [0.25, 0.3) is 0 Å². The van der Waals surface area contributed by atoms with Gasteiger partial charge in [-0.25, -0.2) is 9.59 Å². The number of carbonyl (C=O) groups is 3. The molecule has 1 saturated heterocycles. The fraction of sp³-hybridized carbons (Fsp3) is 0.750. The van der Waals surface area contributed by atoms with Crippen LogP contribution in [0.4, 0.5) is 4.79 Å². The summed E-state index contributed by atoms with van der Waals surface area (Å²) in [6.45, 7) is 0.702. The summed E-state index contributed by atoms with van der Waals surface area (Å²) in [7, 11) is 1.31. The summed E-state index contributed by atoms with van der Waals surface area (Å²) >= 11 is 1.52. The van der Waals surface area contributed by atoms with E-state index >= 15 is 0 Å². The number of carboxylic acids is 1. The molecule has 20 heavy (non-hydrogen) atoms. The number of aliphatic carboxylic acids is 1. The predicted octanol–water partition coefficient (Wildman–Crippen LogP) is 0.397. The number of carbonyl (C=O) groups excluding carboxylic acids is 2. The Labute approximate surface area is 122 Å². The second kappa shape index (κ2) is 7.98. The minimum Gasteiger partial charge on any atom is -0.480 e. The van der Waals surface area contributed by atoms with Gasteiger partial charge in [0.15, 0.2) is 0 Å². The highest BCUT2D eigenvalue weighted by molar-refractivity contribution is 7.98. The fourth-order valence-electron chi connectivity index (χ4n) is 2.04. The zero-order chi connectivity index (χ0) is 15.1. The Morgan fingerprint density at radius 1 is 1.50 bits per heavy atom. The monoisotopic (exact) mass is 304 g/mol. The molecule has 0 spiro atoms. The lowest BCUT2D eigenvalue weighted by Gasteiger charge is -2.20. The molecule has 1 aliphatic heterocycles. The van der Waals surface area contributed by atoms with Crippen molar-refractivity contribution in [3.05, 3.63) is 0 Å². The summed E-state index contributed by atoms with van der Waals surface area (Å²) in [6, 6.07) is -1.34. The Morgan fingerprint density at radius 3 is 2.75 bits per heavy atom. The van der Waals surface area contributed by atoms with Crippen molar-refractivity contribution in [3.63, 3.8) is 0 Å². The van der Waals surface area contributed by atoms with Crippen LogP contribution >= 0.6 is 11.8 Å². The summed E-state index contributed by atoms with van der Waals surface area (Å²) in [5.74, 6) is -1.05. The number of methoxy groups -OCH3 is 1. The maximum atomic E-state index is 12.0. The summed E-state index contributed by atoms with van der Waals surface area (Å²) in [5, 5.41) is 11.5. The van der Waals surface area contributed by atoms with E-state index in [2.05, 4.69) is 10.1 Å². The third kappa shape index (κ3) is 4.59. The van der Waals surface area contributed by atoms with Gasteiger partial charge in [-0.1, -0.05) is 0 Å². The first kappa shape index (κ1) is 16.6. The second-order valence-electron chi connectivity index (χ2n) is 4.58. The molecule has 0 aliphatic carbocycles. The van der Waals surface area contributed by atoms with Gasteiger partial charge in [-0.15, -0.1) is 0 Å². The van der Waals surface area contributed by atoms with Crippen molar-refractivity contribution in [2.24, 2.45) is 5.92 Å². The van der Waals surface area contributed by atoms with Gasteiger partial charge in [0.05, 0.1) is 13.0 Å². The van der Waals surface area contributed by atoms with Crippen LogP contribution in [-0.2, 0) is 14.3 Å². The van der Waals surface area contributed by atoms with Gasteiger partial charge >= 0.3 is 18.0 Å². The summed E-state index contributed by atoms with van der Waals surface area (Å²) in [4.78, 5) is 35.9. The number of amides is 2. The Morgan fingerprint density at radius 2 is 2.20 bits per heavy atom. The average molecular weight is 304 g/mol. The maximum absolute atomic E-state index is 12.0. The number of thioether (sulfide) groups is 1. The van der Waals surface area contributed by atoms with E-state index in [0.717, 1.165) is 0 Å². The molecule has 1 rings (SSSR count). The molecule has 1 heterocycles. The molecule has 0 bridgehead atoms. The second-order valence-corrected chi connectivity index (χ2v) is 5.56. The molecule has 0 aromatic rings. The molecule has 1 unspecified atom stereocenters. The zero-order valence-corrected chi connectivity index (χ0v) is 12.4. The molecule has 0 radical (unpaired) electrons. The van der Waals surface area contributed by atoms with E-state index in [0.29, 0.717) is 25.1 Å². The van der Waals surface area contributed by atoms with Crippen molar-refractivity contribution in [2.75, 3.05) is 32.2 Å². The number of esters is 1. The van der Waals surface area contributed by atoms with Crippen LogP contribution in [0.2, 0.25) is 0 Å². The van der Waals surface area contributed by atoms with Gasteiger partial charge in [0.1, 0.15) is 6.04 Å². The standard InChI is InChI=1S/C12H20N2O5S/c1-19-11(17)8-3-5-14(7-8)12(18)13-9(10(15)16)4-6-20-2/h8-9H,3-7H2,1-2H3,(H,13,18)(H,15,16)/t8?,9-/m1/s1. The fourth-order valence-corrected chi connectivity index (χ4v) is 2.51. The van der Waals surface area contributed by atoms with Gasteiger partial charge in [-0.2, -0.15) is 11.8 Å². The molecule has 7 nitrogen and oxygen atoms in total. The van der Waals surface area contributed by atoms with Crippen LogP contribution in [0, 0.1) is 5.92 Å². The lowest BCUT2D eigenvalue weighted by molar-refractivity contribution is -0.145. The molecule has 2 atom stereocenters. The number of carboxylic acid groups (broad SMARTS) is 1. The topological polar surface area (TPSA) is 95.9 Å². The smallest absolute Gasteiger partial charge is 0.326 e. The van der Waals surface area contributed by atoms with Gasteiger partial charge in [-0.3, -0.25) is 4.79 Å². The van der Waals surface area contributed by atoms with Crippen molar-refractivity contribution in [2.45, 2.75) is 18.9 Å². The number of hydrogen-bond acceptors (Lipinski definition) is 5. The van der Waals surface area contributed by atoms with E-state index in [1.807, 2.05) is 6.26 Å².